The molecule has 0 radical (unpaired) electrons. The molecule has 5 rings (SSSR count). The minimum absolute atomic E-state index is 0.665. The van der Waals surface area contributed by atoms with Gasteiger partial charge in [-0.25, -0.2) is 14.5 Å². The summed E-state index contributed by atoms with van der Waals surface area (Å²) in [6.45, 7) is 9.54. The molecular formula is C24H29N7O. The Morgan fingerprint density at radius 3 is 2.56 bits per heavy atom. The van der Waals surface area contributed by atoms with E-state index in [9.17, 15) is 0 Å². The van der Waals surface area contributed by atoms with Crippen LogP contribution in [0.5, 0.6) is 0 Å². The third kappa shape index (κ3) is 4.56. The second kappa shape index (κ2) is 9.18. The van der Waals surface area contributed by atoms with Gasteiger partial charge in [-0.15, -0.1) is 5.10 Å². The van der Waals surface area contributed by atoms with Gasteiger partial charge in [0.2, 0.25) is 0 Å². The van der Waals surface area contributed by atoms with Crippen LogP contribution in [0.25, 0.3) is 17.0 Å². The molecule has 0 N–H and O–H groups in total. The maximum atomic E-state index is 5.48. The van der Waals surface area contributed by atoms with E-state index in [1.54, 1.807) is 0 Å². The number of rotatable bonds is 7. The fourth-order valence-corrected chi connectivity index (χ4v) is 4.21. The molecule has 1 fully saturated rings. The van der Waals surface area contributed by atoms with Crippen LogP contribution in [0, 0.1) is 13.8 Å². The maximum Gasteiger partial charge on any atom is 0.252 e. The fourth-order valence-electron chi connectivity index (χ4n) is 4.21. The SMILES string of the molecule is Cc1cc(C)n2nc(CCc3nc(-c4ccccc4)cn3CCN3CCOCC3)nc2n1. The molecule has 1 aromatic carbocycles. The molecule has 0 aliphatic carbocycles. The predicted octanol–water partition coefficient (Wildman–Crippen LogP) is 2.72. The summed E-state index contributed by atoms with van der Waals surface area (Å²) in [4.78, 5) is 16.6. The molecule has 0 amide bonds. The molecule has 0 saturated carbocycles. The molecule has 166 valence electrons. The number of fused-ring (bicyclic) bond motifs is 1. The van der Waals surface area contributed by atoms with Crippen molar-refractivity contribution in [1.82, 2.24) is 34.0 Å². The van der Waals surface area contributed by atoms with E-state index in [2.05, 4.69) is 55.0 Å². The van der Waals surface area contributed by atoms with Gasteiger partial charge in [-0.3, -0.25) is 4.90 Å². The number of hydrogen-bond acceptors (Lipinski definition) is 6. The summed E-state index contributed by atoms with van der Waals surface area (Å²) in [7, 11) is 0. The van der Waals surface area contributed by atoms with E-state index in [4.69, 9.17) is 9.72 Å². The smallest absolute Gasteiger partial charge is 0.252 e. The second-order valence-corrected chi connectivity index (χ2v) is 8.33. The Kier molecular flexibility index (Phi) is 5.96. The summed E-state index contributed by atoms with van der Waals surface area (Å²) in [6, 6.07) is 12.4. The average molecular weight is 432 g/mol. The molecule has 0 unspecified atom stereocenters. The second-order valence-electron chi connectivity index (χ2n) is 8.33. The van der Waals surface area contributed by atoms with Crippen LogP contribution >= 0.6 is 0 Å². The van der Waals surface area contributed by atoms with E-state index in [0.29, 0.717) is 5.78 Å². The third-order valence-electron chi connectivity index (χ3n) is 5.92. The van der Waals surface area contributed by atoms with Crippen molar-refractivity contribution in [2.75, 3.05) is 32.8 Å². The molecule has 1 aliphatic rings. The number of imidazole rings is 1. The Balaban J connectivity index is 1.36. The Morgan fingerprint density at radius 2 is 1.75 bits per heavy atom. The lowest BCUT2D eigenvalue weighted by molar-refractivity contribution is 0.0363. The van der Waals surface area contributed by atoms with Crippen molar-refractivity contribution in [2.24, 2.45) is 0 Å². The summed E-state index contributed by atoms with van der Waals surface area (Å²) in [5.41, 5.74) is 4.16. The molecule has 32 heavy (non-hydrogen) atoms. The molecular weight excluding hydrogens is 402 g/mol. The van der Waals surface area contributed by atoms with E-state index >= 15 is 0 Å². The zero-order chi connectivity index (χ0) is 21.9. The molecule has 1 saturated heterocycles. The Labute approximate surface area is 187 Å². The molecule has 8 nitrogen and oxygen atoms in total. The van der Waals surface area contributed by atoms with E-state index < -0.39 is 0 Å². The van der Waals surface area contributed by atoms with Crippen LogP contribution < -0.4 is 0 Å². The van der Waals surface area contributed by atoms with Gasteiger partial charge in [-0.1, -0.05) is 30.3 Å². The number of morpholine rings is 1. The van der Waals surface area contributed by atoms with E-state index in [1.807, 2.05) is 30.5 Å². The molecule has 0 bridgehead atoms. The average Bonchev–Trinajstić information content (AvgIpc) is 3.41. The first kappa shape index (κ1) is 20.8. The quantitative estimate of drug-likeness (QED) is 0.448. The number of benzene rings is 1. The molecule has 0 spiro atoms. The summed E-state index contributed by atoms with van der Waals surface area (Å²) in [5, 5.41) is 4.67. The minimum atomic E-state index is 0.665. The lowest BCUT2D eigenvalue weighted by Crippen LogP contribution is -2.38. The summed E-state index contributed by atoms with van der Waals surface area (Å²) in [5.74, 6) is 2.53. The normalized spacial score (nSPS) is 14.9. The van der Waals surface area contributed by atoms with Crippen molar-refractivity contribution in [2.45, 2.75) is 33.2 Å². The van der Waals surface area contributed by atoms with Gasteiger partial charge >= 0.3 is 0 Å². The summed E-state index contributed by atoms with van der Waals surface area (Å²) < 4.78 is 9.60. The monoisotopic (exact) mass is 431 g/mol. The van der Waals surface area contributed by atoms with Crippen molar-refractivity contribution in [3.63, 3.8) is 0 Å². The first-order valence-electron chi connectivity index (χ1n) is 11.3. The van der Waals surface area contributed by atoms with Gasteiger partial charge in [0.1, 0.15) is 5.82 Å². The standard InChI is InChI=1S/C24H29N7O/c1-18-16-19(2)31-24(25-18)27-22(28-31)8-9-23-26-21(20-6-4-3-5-7-20)17-30(23)11-10-29-12-14-32-15-13-29/h3-7,16-17H,8-15H2,1-2H3. The highest BCUT2D eigenvalue weighted by Crippen LogP contribution is 2.19. The van der Waals surface area contributed by atoms with Crippen molar-refractivity contribution in [3.8, 4) is 11.3 Å². The lowest BCUT2D eigenvalue weighted by atomic mass is 10.2. The van der Waals surface area contributed by atoms with Gasteiger partial charge in [-0.2, -0.15) is 4.98 Å². The number of hydrogen-bond donors (Lipinski definition) is 0. The molecule has 4 heterocycles. The molecule has 3 aromatic heterocycles. The third-order valence-corrected chi connectivity index (χ3v) is 5.92. The van der Waals surface area contributed by atoms with Crippen molar-refractivity contribution in [3.05, 3.63) is 65.6 Å². The fraction of sp³-hybridized carbons (Fsp3) is 0.417. The zero-order valence-electron chi connectivity index (χ0n) is 18.7. The summed E-state index contributed by atoms with van der Waals surface area (Å²) >= 11 is 0. The first-order chi connectivity index (χ1) is 15.7. The highest BCUT2D eigenvalue weighted by atomic mass is 16.5. The molecule has 1 aliphatic heterocycles. The van der Waals surface area contributed by atoms with Crippen LogP contribution in [0.1, 0.15) is 23.0 Å². The first-order valence-corrected chi connectivity index (χ1v) is 11.3. The van der Waals surface area contributed by atoms with Crippen LogP contribution in [0.2, 0.25) is 0 Å². The van der Waals surface area contributed by atoms with Gasteiger partial charge in [-0.05, 0) is 19.9 Å². The molecule has 0 atom stereocenters. The predicted molar refractivity (Wildman–Crippen MR) is 123 cm³/mol. The lowest BCUT2D eigenvalue weighted by Gasteiger charge is -2.26. The van der Waals surface area contributed by atoms with E-state index in [0.717, 1.165) is 86.5 Å². The minimum Gasteiger partial charge on any atom is -0.379 e. The highest BCUT2D eigenvalue weighted by molar-refractivity contribution is 5.58. The summed E-state index contributed by atoms with van der Waals surface area (Å²) in [6.07, 6.45) is 3.69. The van der Waals surface area contributed by atoms with Crippen LogP contribution in [0.3, 0.4) is 0 Å². The van der Waals surface area contributed by atoms with Gasteiger partial charge in [0.15, 0.2) is 5.82 Å². The Hall–Kier alpha value is -3.10. The number of ether oxygens (including phenoxy) is 1. The van der Waals surface area contributed by atoms with Gasteiger partial charge in [0.25, 0.3) is 5.78 Å². The van der Waals surface area contributed by atoms with Crippen molar-refractivity contribution >= 4 is 5.78 Å². The Morgan fingerprint density at radius 1 is 0.938 bits per heavy atom. The van der Waals surface area contributed by atoms with E-state index in [1.165, 1.54) is 0 Å². The van der Waals surface area contributed by atoms with Gasteiger partial charge in [0, 0.05) is 62.2 Å². The van der Waals surface area contributed by atoms with Crippen LogP contribution in [0.15, 0.2) is 42.6 Å². The zero-order valence-corrected chi connectivity index (χ0v) is 18.7. The van der Waals surface area contributed by atoms with Crippen molar-refractivity contribution < 1.29 is 4.74 Å². The van der Waals surface area contributed by atoms with Gasteiger partial charge < -0.3 is 9.30 Å². The van der Waals surface area contributed by atoms with Crippen LogP contribution in [-0.4, -0.2) is 66.9 Å². The van der Waals surface area contributed by atoms with Gasteiger partial charge in [0.05, 0.1) is 18.9 Å². The topological polar surface area (TPSA) is 73.4 Å². The number of nitrogens with zero attached hydrogens (tertiary/aromatic N) is 7. The largest absolute Gasteiger partial charge is 0.379 e. The number of aromatic nitrogens is 6. The molecule has 4 aromatic rings. The molecule has 8 heteroatoms. The van der Waals surface area contributed by atoms with Crippen LogP contribution in [-0.2, 0) is 24.1 Å². The van der Waals surface area contributed by atoms with Crippen LogP contribution in [0.4, 0.5) is 0 Å². The number of aryl methyl sites for hydroxylation is 4. The van der Waals surface area contributed by atoms with E-state index in [-0.39, 0.29) is 0 Å². The maximum absolute atomic E-state index is 5.48. The highest BCUT2D eigenvalue weighted by Gasteiger charge is 2.15. The van der Waals surface area contributed by atoms with Crippen molar-refractivity contribution in [1.29, 1.82) is 0 Å². The Bertz CT molecular complexity index is 1190.